The Morgan fingerprint density at radius 1 is 1.03 bits per heavy atom. The molecule has 0 spiro atoms. The van der Waals surface area contributed by atoms with E-state index in [1.165, 1.54) is 0 Å². The predicted octanol–water partition coefficient (Wildman–Crippen LogP) is 2.83. The number of amides is 1. The minimum absolute atomic E-state index is 0.162. The van der Waals surface area contributed by atoms with E-state index in [-0.39, 0.29) is 12.3 Å². The van der Waals surface area contributed by atoms with Crippen LogP contribution in [0, 0.1) is 0 Å². The zero-order valence-corrected chi connectivity index (χ0v) is 17.0. The van der Waals surface area contributed by atoms with Gasteiger partial charge < -0.3 is 14.8 Å². The molecule has 1 aliphatic rings. The molecule has 2 aromatic carbocycles. The molecular formula is C21H21N3O4S. The van der Waals surface area contributed by atoms with Crippen LogP contribution in [0.25, 0.3) is 5.69 Å². The van der Waals surface area contributed by atoms with Gasteiger partial charge in [-0.1, -0.05) is 12.1 Å². The molecule has 0 fully saturated rings. The van der Waals surface area contributed by atoms with E-state index in [9.17, 15) is 9.00 Å². The van der Waals surface area contributed by atoms with Gasteiger partial charge in [0.15, 0.2) is 0 Å². The standard InChI is InChI=1S/C21H21N3O4S/c1-27-16-7-3-14(4-8-16)11-20(25)22-21-18-12-29(26)13-19(18)23-24(21)15-5-9-17(28-2)10-6-15/h3-10H,11-13H2,1-2H3,(H,22,25). The predicted molar refractivity (Wildman–Crippen MR) is 111 cm³/mol. The van der Waals surface area contributed by atoms with Crippen molar-refractivity contribution in [3.63, 3.8) is 0 Å². The highest BCUT2D eigenvalue weighted by atomic mass is 32.2. The average molecular weight is 411 g/mol. The Morgan fingerprint density at radius 3 is 2.28 bits per heavy atom. The van der Waals surface area contributed by atoms with Crippen LogP contribution in [0.2, 0.25) is 0 Å². The Balaban J connectivity index is 1.61. The maximum atomic E-state index is 12.7. The second-order valence-electron chi connectivity index (χ2n) is 6.69. The second kappa shape index (κ2) is 8.08. The molecule has 0 saturated heterocycles. The number of carbonyl (C=O) groups excluding carboxylic acids is 1. The molecule has 4 rings (SSSR count). The number of aromatic nitrogens is 2. The smallest absolute Gasteiger partial charge is 0.229 e. The van der Waals surface area contributed by atoms with Gasteiger partial charge in [-0.15, -0.1) is 0 Å². The molecule has 0 aliphatic carbocycles. The first-order valence-electron chi connectivity index (χ1n) is 9.10. The average Bonchev–Trinajstić information content (AvgIpc) is 3.25. The quantitative estimate of drug-likeness (QED) is 0.675. The molecule has 1 unspecified atom stereocenters. The van der Waals surface area contributed by atoms with Crippen molar-refractivity contribution in [3.05, 3.63) is 65.4 Å². The summed E-state index contributed by atoms with van der Waals surface area (Å²) in [5.41, 5.74) is 3.27. The van der Waals surface area contributed by atoms with Gasteiger partial charge in [0.1, 0.15) is 17.3 Å². The maximum Gasteiger partial charge on any atom is 0.229 e. The van der Waals surface area contributed by atoms with Crippen LogP contribution in [0.15, 0.2) is 48.5 Å². The van der Waals surface area contributed by atoms with Crippen LogP contribution in [0.1, 0.15) is 16.8 Å². The number of nitrogens with zero attached hydrogens (tertiary/aromatic N) is 2. The van der Waals surface area contributed by atoms with E-state index in [0.29, 0.717) is 17.3 Å². The molecule has 150 valence electrons. The molecule has 8 heteroatoms. The molecule has 1 aromatic heterocycles. The van der Waals surface area contributed by atoms with E-state index in [1.54, 1.807) is 18.9 Å². The third-order valence-electron chi connectivity index (χ3n) is 4.77. The lowest BCUT2D eigenvalue weighted by Gasteiger charge is -2.12. The molecular weight excluding hydrogens is 390 g/mol. The Labute approximate surface area is 171 Å². The van der Waals surface area contributed by atoms with Gasteiger partial charge in [-0.2, -0.15) is 5.10 Å². The summed E-state index contributed by atoms with van der Waals surface area (Å²) >= 11 is 0. The van der Waals surface area contributed by atoms with E-state index in [0.717, 1.165) is 34.0 Å². The summed E-state index contributed by atoms with van der Waals surface area (Å²) < 4.78 is 24.1. The minimum Gasteiger partial charge on any atom is -0.497 e. The van der Waals surface area contributed by atoms with Crippen molar-refractivity contribution in [1.82, 2.24) is 9.78 Å². The number of methoxy groups -OCH3 is 2. The van der Waals surface area contributed by atoms with Crippen molar-refractivity contribution >= 4 is 22.5 Å². The maximum absolute atomic E-state index is 12.7. The third kappa shape index (κ3) is 4.02. The first-order chi connectivity index (χ1) is 14.1. The van der Waals surface area contributed by atoms with E-state index < -0.39 is 10.8 Å². The van der Waals surface area contributed by atoms with Gasteiger partial charge in [0.25, 0.3) is 0 Å². The summed E-state index contributed by atoms with van der Waals surface area (Å²) in [6, 6.07) is 14.8. The Bertz CT molecular complexity index is 1060. The number of hydrogen-bond donors (Lipinski definition) is 1. The summed E-state index contributed by atoms with van der Waals surface area (Å²) in [5.74, 6) is 2.69. The van der Waals surface area contributed by atoms with Crippen molar-refractivity contribution in [1.29, 1.82) is 0 Å². The van der Waals surface area contributed by atoms with Gasteiger partial charge in [0, 0.05) is 16.4 Å². The molecule has 1 aliphatic heterocycles. The molecule has 1 atom stereocenters. The van der Waals surface area contributed by atoms with Crippen LogP contribution in [-0.4, -0.2) is 34.1 Å². The highest BCUT2D eigenvalue weighted by Gasteiger charge is 2.28. The lowest BCUT2D eigenvalue weighted by molar-refractivity contribution is -0.115. The molecule has 0 saturated carbocycles. The number of anilines is 1. The first-order valence-corrected chi connectivity index (χ1v) is 10.6. The van der Waals surface area contributed by atoms with Gasteiger partial charge in [-0.3, -0.25) is 9.00 Å². The highest BCUT2D eigenvalue weighted by Crippen LogP contribution is 2.31. The number of carbonyl (C=O) groups is 1. The zero-order chi connectivity index (χ0) is 20.4. The fourth-order valence-corrected chi connectivity index (χ4v) is 4.54. The molecule has 1 N–H and O–H groups in total. The summed E-state index contributed by atoms with van der Waals surface area (Å²) in [6.07, 6.45) is 0.218. The Hall–Kier alpha value is -3.13. The van der Waals surface area contributed by atoms with E-state index in [4.69, 9.17) is 9.47 Å². The normalized spacial score (nSPS) is 15.0. The highest BCUT2D eigenvalue weighted by molar-refractivity contribution is 7.83. The number of nitrogens with one attached hydrogen (secondary N) is 1. The minimum atomic E-state index is -0.986. The van der Waals surface area contributed by atoms with Crippen LogP contribution >= 0.6 is 0 Å². The summed E-state index contributed by atoms with van der Waals surface area (Å²) in [6.45, 7) is 0. The van der Waals surface area contributed by atoms with Crippen molar-refractivity contribution in [2.24, 2.45) is 0 Å². The largest absolute Gasteiger partial charge is 0.497 e. The Kier molecular flexibility index (Phi) is 5.35. The number of benzene rings is 2. The van der Waals surface area contributed by atoms with Crippen molar-refractivity contribution in [3.8, 4) is 17.2 Å². The fraction of sp³-hybridized carbons (Fsp3) is 0.238. The van der Waals surface area contributed by atoms with Crippen molar-refractivity contribution in [2.45, 2.75) is 17.9 Å². The molecule has 0 bridgehead atoms. The van der Waals surface area contributed by atoms with Gasteiger partial charge >= 0.3 is 0 Å². The molecule has 29 heavy (non-hydrogen) atoms. The van der Waals surface area contributed by atoms with E-state index in [2.05, 4.69) is 10.4 Å². The van der Waals surface area contributed by atoms with Crippen molar-refractivity contribution < 1.29 is 18.5 Å². The first kappa shape index (κ1) is 19.2. The number of rotatable bonds is 6. The molecule has 7 nitrogen and oxygen atoms in total. The lowest BCUT2D eigenvalue weighted by atomic mass is 10.1. The van der Waals surface area contributed by atoms with Crippen LogP contribution in [0.5, 0.6) is 11.5 Å². The van der Waals surface area contributed by atoms with E-state index >= 15 is 0 Å². The van der Waals surface area contributed by atoms with Gasteiger partial charge in [0.2, 0.25) is 5.91 Å². The second-order valence-corrected chi connectivity index (χ2v) is 8.14. The van der Waals surface area contributed by atoms with Crippen molar-refractivity contribution in [2.75, 3.05) is 19.5 Å². The van der Waals surface area contributed by atoms with E-state index in [1.807, 2.05) is 48.5 Å². The molecule has 0 radical (unpaired) electrons. The molecule has 3 aromatic rings. The summed E-state index contributed by atoms with van der Waals surface area (Å²) in [7, 11) is 2.23. The number of fused-ring (bicyclic) bond motifs is 1. The topological polar surface area (TPSA) is 82.4 Å². The van der Waals surface area contributed by atoms with Crippen LogP contribution in [0.3, 0.4) is 0 Å². The van der Waals surface area contributed by atoms with Gasteiger partial charge in [0.05, 0.1) is 43.5 Å². The number of hydrogen-bond acceptors (Lipinski definition) is 5. The molecule has 1 amide bonds. The fourth-order valence-electron chi connectivity index (χ4n) is 3.27. The third-order valence-corrected chi connectivity index (χ3v) is 5.97. The summed E-state index contributed by atoms with van der Waals surface area (Å²) in [5, 5.41) is 7.58. The van der Waals surface area contributed by atoms with Crippen LogP contribution in [0.4, 0.5) is 5.82 Å². The SMILES string of the molecule is COc1ccc(CC(=O)Nc2c3c(nn2-c2ccc(OC)cc2)CS(=O)C3)cc1. The molecule has 2 heterocycles. The Morgan fingerprint density at radius 2 is 1.66 bits per heavy atom. The lowest BCUT2D eigenvalue weighted by Crippen LogP contribution is -2.18. The zero-order valence-electron chi connectivity index (χ0n) is 16.2. The van der Waals surface area contributed by atoms with Gasteiger partial charge in [-0.05, 0) is 42.0 Å². The monoisotopic (exact) mass is 411 g/mol. The van der Waals surface area contributed by atoms with Crippen LogP contribution in [-0.2, 0) is 33.5 Å². The number of ether oxygens (including phenoxy) is 2. The van der Waals surface area contributed by atoms with Crippen LogP contribution < -0.4 is 14.8 Å². The summed E-state index contributed by atoms with van der Waals surface area (Å²) in [4.78, 5) is 12.7. The van der Waals surface area contributed by atoms with Gasteiger partial charge in [-0.25, -0.2) is 4.68 Å².